The molecule has 0 fully saturated rings. The summed E-state index contributed by atoms with van der Waals surface area (Å²) >= 11 is 0. The van der Waals surface area contributed by atoms with E-state index in [2.05, 4.69) is 93.7 Å². The first kappa shape index (κ1) is 65.8. The molecule has 0 saturated heterocycles. The Hall–Kier alpha value is -3.15. The fraction of sp³-hybridized carbons (Fsp3) is 0.762. The van der Waals surface area contributed by atoms with E-state index >= 15 is 0 Å². The van der Waals surface area contributed by atoms with Gasteiger partial charge in [-0.2, -0.15) is 0 Å². The molecule has 0 rings (SSSR count). The van der Waals surface area contributed by atoms with Gasteiger partial charge in [-0.1, -0.05) is 229 Å². The van der Waals surface area contributed by atoms with E-state index in [9.17, 15) is 14.4 Å². The van der Waals surface area contributed by atoms with Gasteiger partial charge in [0.2, 0.25) is 0 Å². The molecule has 0 N–H and O–H groups in total. The summed E-state index contributed by atoms with van der Waals surface area (Å²) < 4.78 is 16.8. The lowest BCUT2D eigenvalue weighted by Crippen LogP contribution is -2.30. The molecule has 0 spiro atoms. The van der Waals surface area contributed by atoms with Crippen LogP contribution in [0.3, 0.4) is 0 Å². The molecular formula is C63H110O6. The highest BCUT2D eigenvalue weighted by atomic mass is 16.6. The third-order valence-corrected chi connectivity index (χ3v) is 12.7. The number of esters is 3. The lowest BCUT2D eigenvalue weighted by atomic mass is 10.1. The minimum atomic E-state index is -0.797. The van der Waals surface area contributed by atoms with Crippen LogP contribution >= 0.6 is 0 Å². The molecule has 0 heterocycles. The zero-order valence-corrected chi connectivity index (χ0v) is 45.6. The monoisotopic (exact) mass is 963 g/mol. The maximum atomic E-state index is 12.9. The summed E-state index contributed by atoms with van der Waals surface area (Å²) in [6, 6.07) is 0. The molecule has 0 saturated carbocycles. The van der Waals surface area contributed by atoms with E-state index in [-0.39, 0.29) is 31.1 Å². The van der Waals surface area contributed by atoms with Crippen molar-refractivity contribution in [2.45, 2.75) is 297 Å². The number of carbonyl (C=O) groups is 3. The van der Waals surface area contributed by atoms with E-state index in [0.717, 1.165) is 83.5 Å². The van der Waals surface area contributed by atoms with Crippen LogP contribution in [0.2, 0.25) is 0 Å². The number of carbonyl (C=O) groups excluding carboxylic acids is 3. The van der Waals surface area contributed by atoms with Crippen molar-refractivity contribution in [1.29, 1.82) is 0 Å². The van der Waals surface area contributed by atoms with Crippen molar-refractivity contribution >= 4 is 17.9 Å². The van der Waals surface area contributed by atoms with Crippen LogP contribution in [-0.2, 0) is 28.6 Å². The summed E-state index contributed by atoms with van der Waals surface area (Å²) in [5.74, 6) is -0.936. The maximum Gasteiger partial charge on any atom is 0.306 e. The molecule has 69 heavy (non-hydrogen) atoms. The van der Waals surface area contributed by atoms with Crippen LogP contribution in [0.25, 0.3) is 0 Å². The van der Waals surface area contributed by atoms with Gasteiger partial charge in [0.15, 0.2) is 6.10 Å². The van der Waals surface area contributed by atoms with Gasteiger partial charge >= 0.3 is 17.9 Å². The van der Waals surface area contributed by atoms with Gasteiger partial charge in [0.25, 0.3) is 0 Å². The average molecular weight is 964 g/mol. The van der Waals surface area contributed by atoms with E-state index in [1.165, 1.54) is 167 Å². The third-order valence-electron chi connectivity index (χ3n) is 12.7. The summed E-state index contributed by atoms with van der Waals surface area (Å²) in [5, 5.41) is 0. The molecule has 0 unspecified atom stereocenters. The smallest absolute Gasteiger partial charge is 0.306 e. The van der Waals surface area contributed by atoms with Crippen molar-refractivity contribution in [3.63, 3.8) is 0 Å². The average Bonchev–Trinajstić information content (AvgIpc) is 3.35. The second-order valence-corrected chi connectivity index (χ2v) is 19.5. The maximum absolute atomic E-state index is 12.9. The summed E-state index contributed by atoms with van der Waals surface area (Å²) in [6.45, 7) is 6.56. The van der Waals surface area contributed by atoms with Crippen LogP contribution in [0.5, 0.6) is 0 Å². The minimum absolute atomic E-state index is 0.0924. The minimum Gasteiger partial charge on any atom is -0.462 e. The van der Waals surface area contributed by atoms with Gasteiger partial charge in [-0.05, 0) is 116 Å². The van der Waals surface area contributed by atoms with Crippen LogP contribution in [0, 0.1) is 0 Å². The normalized spacial score (nSPS) is 12.6. The van der Waals surface area contributed by atoms with Gasteiger partial charge in [-0.15, -0.1) is 0 Å². The molecule has 0 amide bonds. The van der Waals surface area contributed by atoms with E-state index in [1.54, 1.807) is 0 Å². The number of allylic oxidation sites excluding steroid dienone is 12. The molecule has 0 aromatic carbocycles. The van der Waals surface area contributed by atoms with E-state index < -0.39 is 6.10 Å². The number of ether oxygens (including phenoxy) is 3. The topological polar surface area (TPSA) is 78.9 Å². The van der Waals surface area contributed by atoms with Gasteiger partial charge in [0, 0.05) is 19.3 Å². The highest BCUT2D eigenvalue weighted by Gasteiger charge is 2.19. The largest absolute Gasteiger partial charge is 0.462 e. The van der Waals surface area contributed by atoms with Gasteiger partial charge in [0.05, 0.1) is 0 Å². The van der Waals surface area contributed by atoms with E-state index in [1.807, 2.05) is 0 Å². The van der Waals surface area contributed by atoms with Gasteiger partial charge < -0.3 is 14.2 Å². The van der Waals surface area contributed by atoms with Crippen molar-refractivity contribution < 1.29 is 28.6 Å². The molecular weight excluding hydrogens is 853 g/mol. The van der Waals surface area contributed by atoms with Crippen molar-refractivity contribution in [1.82, 2.24) is 0 Å². The molecule has 6 nitrogen and oxygen atoms in total. The van der Waals surface area contributed by atoms with Crippen molar-refractivity contribution in [2.24, 2.45) is 0 Å². The van der Waals surface area contributed by atoms with Crippen LogP contribution in [0.4, 0.5) is 0 Å². The van der Waals surface area contributed by atoms with Gasteiger partial charge in [-0.3, -0.25) is 14.4 Å². The predicted octanol–water partition coefficient (Wildman–Crippen LogP) is 19.8. The molecule has 0 aromatic heterocycles. The summed E-state index contributed by atoms with van der Waals surface area (Å²) in [4.78, 5) is 38.2. The predicted molar refractivity (Wildman–Crippen MR) is 298 cm³/mol. The number of unbranched alkanes of at least 4 members (excludes halogenated alkanes) is 30. The molecule has 1 atom stereocenters. The first-order valence-electron chi connectivity index (χ1n) is 29.4. The lowest BCUT2D eigenvalue weighted by Gasteiger charge is -2.18. The fourth-order valence-electron chi connectivity index (χ4n) is 8.18. The molecule has 398 valence electrons. The Balaban J connectivity index is 4.43. The Bertz CT molecular complexity index is 1290. The first-order chi connectivity index (χ1) is 34.0. The van der Waals surface area contributed by atoms with Crippen molar-refractivity contribution in [3.8, 4) is 0 Å². The summed E-state index contributed by atoms with van der Waals surface area (Å²) in [7, 11) is 0. The number of rotatable bonds is 53. The Morgan fingerprint density at radius 2 is 0.522 bits per heavy atom. The van der Waals surface area contributed by atoms with E-state index in [4.69, 9.17) is 14.2 Å². The number of hydrogen-bond donors (Lipinski definition) is 0. The molecule has 0 aromatic rings. The van der Waals surface area contributed by atoms with Gasteiger partial charge in [0.1, 0.15) is 13.2 Å². The van der Waals surface area contributed by atoms with Crippen LogP contribution in [0.15, 0.2) is 72.9 Å². The van der Waals surface area contributed by atoms with Crippen LogP contribution in [0.1, 0.15) is 290 Å². The molecule has 0 aliphatic carbocycles. The highest BCUT2D eigenvalue weighted by Crippen LogP contribution is 2.15. The van der Waals surface area contributed by atoms with Gasteiger partial charge in [-0.25, -0.2) is 0 Å². The van der Waals surface area contributed by atoms with Crippen LogP contribution in [-0.4, -0.2) is 37.2 Å². The second-order valence-electron chi connectivity index (χ2n) is 19.5. The third kappa shape index (κ3) is 55.6. The second kappa shape index (κ2) is 57.4. The van der Waals surface area contributed by atoms with Crippen molar-refractivity contribution in [2.75, 3.05) is 13.2 Å². The van der Waals surface area contributed by atoms with Crippen LogP contribution < -0.4 is 0 Å². The zero-order valence-electron chi connectivity index (χ0n) is 45.6. The molecule has 0 aliphatic rings. The molecule has 6 heteroatoms. The summed E-state index contributed by atoms with van der Waals surface area (Å²) in [6.07, 6.45) is 73.2. The Morgan fingerprint density at radius 3 is 0.884 bits per heavy atom. The lowest BCUT2D eigenvalue weighted by molar-refractivity contribution is -0.167. The Morgan fingerprint density at radius 1 is 0.290 bits per heavy atom. The van der Waals surface area contributed by atoms with Crippen molar-refractivity contribution in [3.05, 3.63) is 72.9 Å². The molecule has 0 aliphatic heterocycles. The molecule has 0 radical (unpaired) electrons. The number of hydrogen-bond acceptors (Lipinski definition) is 6. The summed E-state index contributed by atoms with van der Waals surface area (Å²) in [5.41, 5.74) is 0. The standard InChI is InChI=1S/C63H110O6/c1-4-7-10-13-16-19-22-25-28-30-31-33-35-38-41-44-47-50-53-56-62(65)68-59-60(58-67-61(64)55-52-49-46-43-40-37-34-27-24-21-18-15-12-9-6-3)69-63(66)57-54-51-48-45-42-39-36-32-29-26-23-20-17-14-11-8-5-2/h17-18,20-21,26-27,29-31,34,40,43,60H,4-16,19,22-25,28,32-33,35-39,41-42,44-59H2,1-3H3/b20-17-,21-18-,29-26-,31-30-,34-27-,43-40-/t60-/m1/s1. The first-order valence-corrected chi connectivity index (χ1v) is 29.4. The zero-order chi connectivity index (χ0) is 50.0. The highest BCUT2D eigenvalue weighted by molar-refractivity contribution is 5.71. The van der Waals surface area contributed by atoms with E-state index in [0.29, 0.717) is 19.3 Å². The SMILES string of the molecule is CCCCC/C=C\C/C=C\C/C=C\CCCCC(=O)OC[C@H](COC(=O)CCCCCCCCC/C=C\CCCCCCCCCC)OC(=O)CCCCCCCCC/C=C\C/C=C\CCCCC. The Labute approximate surface area is 427 Å². The fourth-order valence-corrected chi connectivity index (χ4v) is 8.18. The Kier molecular flexibility index (Phi) is 54.8. The quantitative estimate of drug-likeness (QED) is 0.0262. The molecule has 0 bridgehead atoms.